The molecule has 0 unspecified atom stereocenters. The number of furan rings is 1. The minimum Gasteiger partial charge on any atom is -0.455 e. The second-order valence-electron chi connectivity index (χ2n) is 15.3. The maximum absolute atomic E-state index is 6.88. The Morgan fingerprint density at radius 1 is 0.390 bits per heavy atom. The van der Waals surface area contributed by atoms with Gasteiger partial charge in [-0.15, -0.1) is 0 Å². The van der Waals surface area contributed by atoms with Gasteiger partial charge in [0.05, 0.1) is 44.4 Å². The second-order valence-corrected chi connectivity index (χ2v) is 15.3. The normalized spacial score (nSPS) is 12.1. The summed E-state index contributed by atoms with van der Waals surface area (Å²) in [4.78, 5) is 10.2. The Labute approximate surface area is 337 Å². The zero-order valence-electron chi connectivity index (χ0n) is 31.7. The highest BCUT2D eigenvalue weighted by Gasteiger charge is 2.25. The van der Waals surface area contributed by atoms with Crippen LogP contribution in [0, 0.1) is 0 Å². The van der Waals surface area contributed by atoms with Gasteiger partial charge < -0.3 is 13.6 Å². The molecule has 0 N–H and O–H groups in total. The fourth-order valence-corrected chi connectivity index (χ4v) is 9.53. The molecule has 13 rings (SSSR count). The maximum atomic E-state index is 6.88. The lowest BCUT2D eigenvalue weighted by Crippen LogP contribution is -1.97. The minimum atomic E-state index is 0.696. The topological polar surface area (TPSA) is 48.8 Å². The second kappa shape index (κ2) is 12.2. The molecule has 0 bridgehead atoms. The molecule has 0 aliphatic carbocycles. The van der Waals surface area contributed by atoms with Crippen molar-refractivity contribution in [2.45, 2.75) is 0 Å². The molecule has 0 fully saturated rings. The molecule has 0 radical (unpaired) electrons. The number of nitrogens with zero attached hydrogens (tertiary/aromatic N) is 4. The van der Waals surface area contributed by atoms with E-state index >= 15 is 0 Å². The molecule has 0 atom stereocenters. The third-order valence-corrected chi connectivity index (χ3v) is 12.1. The average Bonchev–Trinajstić information content (AvgIpc) is 3.96. The molecule has 4 heterocycles. The van der Waals surface area contributed by atoms with Crippen molar-refractivity contribution in [1.82, 2.24) is 19.1 Å². The highest BCUT2D eigenvalue weighted by Crippen LogP contribution is 2.46. The summed E-state index contributed by atoms with van der Waals surface area (Å²) in [5, 5.41) is 10.3. The van der Waals surface area contributed by atoms with Crippen molar-refractivity contribution in [2.24, 2.45) is 0 Å². The van der Waals surface area contributed by atoms with Crippen LogP contribution in [0.4, 0.5) is 0 Å². The molecule has 4 aromatic heterocycles. The molecule has 0 aliphatic heterocycles. The predicted octanol–water partition coefficient (Wildman–Crippen LogP) is 14.2. The lowest BCUT2D eigenvalue weighted by atomic mass is 10.0. The van der Waals surface area contributed by atoms with Gasteiger partial charge in [0.25, 0.3) is 0 Å². The third-order valence-electron chi connectivity index (χ3n) is 12.1. The quantitative estimate of drug-likeness (QED) is 0.180. The maximum Gasteiger partial charge on any atom is 0.160 e. The first-order valence-corrected chi connectivity index (χ1v) is 20.0. The standard InChI is InChI=1S/C54H32N4O/c1-2-14-34(15-3-1)51-42-20-6-9-21-43(42)55-54(56-51)35-25-27-36(28-26-35)57-46-31-29-40-38-18-7-10-22-45(38)58(44-23-12-16-33-13-4-5-17-37(33)44)52(40)49(46)50-47(57)32-30-41-39-19-8-11-24-48(39)59-53(41)50/h1-32H. The first kappa shape index (κ1) is 32.1. The average molecular weight is 753 g/mol. The van der Waals surface area contributed by atoms with Crippen molar-refractivity contribution >= 4 is 87.2 Å². The molecule has 59 heavy (non-hydrogen) atoms. The van der Waals surface area contributed by atoms with E-state index in [4.69, 9.17) is 14.4 Å². The summed E-state index contributed by atoms with van der Waals surface area (Å²) in [6.07, 6.45) is 0. The van der Waals surface area contributed by atoms with Crippen LogP contribution in [0.1, 0.15) is 0 Å². The fraction of sp³-hybridized carbons (Fsp3) is 0. The SMILES string of the molecule is c1ccc(-c2nc(-c3ccc(-n4c5ccc6c7ccccc7oc6c5c5c4ccc4c6ccccc6n(-c6cccc7ccccc67)c45)cc3)nc3ccccc23)cc1. The highest BCUT2D eigenvalue weighted by molar-refractivity contribution is 6.32. The van der Waals surface area contributed by atoms with E-state index in [1.807, 2.05) is 24.3 Å². The Hall–Kier alpha value is -8.02. The minimum absolute atomic E-state index is 0.696. The van der Waals surface area contributed by atoms with Crippen LogP contribution in [0.15, 0.2) is 199 Å². The Bertz CT molecular complexity index is 3830. The summed E-state index contributed by atoms with van der Waals surface area (Å²) in [7, 11) is 0. The molecular weight excluding hydrogens is 721 g/mol. The van der Waals surface area contributed by atoms with Crippen LogP contribution in [0.3, 0.4) is 0 Å². The Morgan fingerprint density at radius 2 is 1.07 bits per heavy atom. The molecule has 274 valence electrons. The van der Waals surface area contributed by atoms with Crippen molar-refractivity contribution in [1.29, 1.82) is 0 Å². The van der Waals surface area contributed by atoms with Gasteiger partial charge in [-0.1, -0.05) is 127 Å². The van der Waals surface area contributed by atoms with E-state index in [1.54, 1.807) is 0 Å². The van der Waals surface area contributed by atoms with E-state index in [0.717, 1.165) is 88.4 Å². The molecule has 0 aliphatic rings. The first-order chi connectivity index (χ1) is 29.3. The van der Waals surface area contributed by atoms with Crippen LogP contribution in [0.25, 0.3) is 121 Å². The van der Waals surface area contributed by atoms with Crippen molar-refractivity contribution in [3.8, 4) is 34.0 Å². The Kier molecular flexibility index (Phi) is 6.66. The van der Waals surface area contributed by atoms with E-state index in [9.17, 15) is 0 Å². The summed E-state index contributed by atoms with van der Waals surface area (Å²) in [5.41, 5.74) is 12.3. The molecule has 0 spiro atoms. The van der Waals surface area contributed by atoms with Crippen molar-refractivity contribution in [3.05, 3.63) is 194 Å². The summed E-state index contributed by atoms with van der Waals surface area (Å²) in [6.45, 7) is 0. The van der Waals surface area contributed by atoms with Gasteiger partial charge in [-0.3, -0.25) is 0 Å². The number of aromatic nitrogens is 4. The number of rotatable bonds is 4. The number of hydrogen-bond donors (Lipinski definition) is 0. The van der Waals surface area contributed by atoms with E-state index in [1.165, 1.54) is 27.1 Å². The predicted molar refractivity (Wildman–Crippen MR) is 244 cm³/mol. The van der Waals surface area contributed by atoms with Gasteiger partial charge in [-0.25, -0.2) is 9.97 Å². The molecule has 5 heteroatoms. The van der Waals surface area contributed by atoms with Crippen LogP contribution in [-0.2, 0) is 0 Å². The number of hydrogen-bond acceptors (Lipinski definition) is 3. The zero-order chi connectivity index (χ0) is 38.6. The Balaban J connectivity index is 1.12. The van der Waals surface area contributed by atoms with Gasteiger partial charge in [-0.05, 0) is 72.1 Å². The molecule has 0 saturated heterocycles. The van der Waals surface area contributed by atoms with Gasteiger partial charge in [0, 0.05) is 54.5 Å². The third kappa shape index (κ3) is 4.61. The van der Waals surface area contributed by atoms with Crippen LogP contribution in [-0.4, -0.2) is 19.1 Å². The summed E-state index contributed by atoms with van der Waals surface area (Å²) >= 11 is 0. The largest absolute Gasteiger partial charge is 0.455 e. The lowest BCUT2D eigenvalue weighted by Gasteiger charge is -2.13. The van der Waals surface area contributed by atoms with Crippen LogP contribution in [0.2, 0.25) is 0 Å². The van der Waals surface area contributed by atoms with Crippen LogP contribution < -0.4 is 0 Å². The summed E-state index contributed by atoms with van der Waals surface area (Å²) in [6, 6.07) is 68.8. The summed E-state index contributed by atoms with van der Waals surface area (Å²) in [5.74, 6) is 0.696. The van der Waals surface area contributed by atoms with Gasteiger partial charge >= 0.3 is 0 Å². The summed E-state index contributed by atoms with van der Waals surface area (Å²) < 4.78 is 11.8. The van der Waals surface area contributed by atoms with Gasteiger partial charge in [0.2, 0.25) is 0 Å². The monoisotopic (exact) mass is 752 g/mol. The fourth-order valence-electron chi connectivity index (χ4n) is 9.53. The molecule has 9 aromatic carbocycles. The number of benzene rings is 9. The van der Waals surface area contributed by atoms with Crippen molar-refractivity contribution in [2.75, 3.05) is 0 Å². The highest BCUT2D eigenvalue weighted by atomic mass is 16.3. The first-order valence-electron chi connectivity index (χ1n) is 20.0. The zero-order valence-corrected chi connectivity index (χ0v) is 31.7. The number of para-hydroxylation sites is 3. The lowest BCUT2D eigenvalue weighted by molar-refractivity contribution is 0.673. The molecule has 0 amide bonds. The van der Waals surface area contributed by atoms with Gasteiger partial charge in [0.1, 0.15) is 11.2 Å². The van der Waals surface area contributed by atoms with E-state index in [2.05, 4.69) is 179 Å². The molecule has 13 aromatic rings. The molecular formula is C54H32N4O. The van der Waals surface area contributed by atoms with Gasteiger partial charge in [0.15, 0.2) is 5.82 Å². The van der Waals surface area contributed by atoms with Crippen molar-refractivity contribution < 1.29 is 4.42 Å². The van der Waals surface area contributed by atoms with E-state index in [0.29, 0.717) is 5.82 Å². The van der Waals surface area contributed by atoms with Crippen LogP contribution in [0.5, 0.6) is 0 Å². The Morgan fingerprint density at radius 3 is 1.93 bits per heavy atom. The molecule has 5 nitrogen and oxygen atoms in total. The van der Waals surface area contributed by atoms with Gasteiger partial charge in [-0.2, -0.15) is 0 Å². The number of fused-ring (bicyclic) bond motifs is 13. The van der Waals surface area contributed by atoms with Crippen molar-refractivity contribution in [3.63, 3.8) is 0 Å². The van der Waals surface area contributed by atoms with Crippen LogP contribution >= 0.6 is 0 Å². The van der Waals surface area contributed by atoms with E-state index < -0.39 is 0 Å². The van der Waals surface area contributed by atoms with E-state index in [-0.39, 0.29) is 0 Å². The smallest absolute Gasteiger partial charge is 0.160 e. The molecule has 0 saturated carbocycles.